The number of aliphatic carboxylic acids is 1. The van der Waals surface area contributed by atoms with Gasteiger partial charge >= 0.3 is 12.0 Å². The lowest BCUT2D eigenvalue weighted by atomic mass is 10.00. The third kappa shape index (κ3) is 3.99. The van der Waals surface area contributed by atoms with Gasteiger partial charge in [-0.3, -0.25) is 0 Å². The molecule has 0 aliphatic heterocycles. The minimum Gasteiger partial charge on any atom is -0.480 e. The maximum absolute atomic E-state index is 11.6. The molecule has 1 aromatic rings. The third-order valence-electron chi connectivity index (χ3n) is 2.61. The number of nitrogens with one attached hydrogen (secondary N) is 2. The highest BCUT2D eigenvalue weighted by Crippen LogP contribution is 2.19. The van der Waals surface area contributed by atoms with E-state index in [1.807, 2.05) is 11.4 Å². The first-order chi connectivity index (χ1) is 8.37. The van der Waals surface area contributed by atoms with E-state index in [1.54, 1.807) is 6.92 Å². The predicted octanol–water partition coefficient (Wildman–Crippen LogP) is 2.56. The minimum absolute atomic E-state index is 0.320. The molecule has 5 nitrogen and oxygen atoms in total. The molecule has 0 saturated carbocycles. The number of urea groups is 1. The molecule has 0 fully saturated rings. The van der Waals surface area contributed by atoms with E-state index in [4.69, 9.17) is 5.11 Å². The molecule has 1 unspecified atom stereocenters. The molecule has 7 heteroatoms. The number of thiophene rings is 1. The van der Waals surface area contributed by atoms with Crippen molar-refractivity contribution in [3.63, 3.8) is 0 Å². The largest absolute Gasteiger partial charge is 0.480 e. The second kappa shape index (κ2) is 6.19. The van der Waals surface area contributed by atoms with E-state index in [0.29, 0.717) is 13.0 Å². The summed E-state index contributed by atoms with van der Waals surface area (Å²) >= 11 is 4.84. The lowest BCUT2D eigenvalue weighted by Gasteiger charge is -2.24. The predicted molar refractivity (Wildman–Crippen MR) is 73.7 cm³/mol. The van der Waals surface area contributed by atoms with Crippen LogP contribution in [0.2, 0.25) is 0 Å². The van der Waals surface area contributed by atoms with Crippen molar-refractivity contribution in [3.8, 4) is 0 Å². The summed E-state index contributed by atoms with van der Waals surface area (Å²) in [7, 11) is 0. The Balaban J connectivity index is 2.49. The number of carbonyl (C=O) groups excluding carboxylic acids is 1. The summed E-state index contributed by atoms with van der Waals surface area (Å²) in [5, 5.41) is 16.0. The molecule has 0 aliphatic carbocycles. The van der Waals surface area contributed by atoms with Crippen molar-refractivity contribution in [1.82, 2.24) is 10.6 Å². The number of carbonyl (C=O) groups is 2. The number of hydrogen-bond donors (Lipinski definition) is 3. The summed E-state index contributed by atoms with van der Waals surface area (Å²) < 4.78 is 0.966. The molecular weight excluding hydrogens is 320 g/mol. The molecular formula is C11H15BrN2O3S. The van der Waals surface area contributed by atoms with E-state index in [-0.39, 0.29) is 0 Å². The lowest BCUT2D eigenvalue weighted by Crippen LogP contribution is -2.54. The van der Waals surface area contributed by atoms with Gasteiger partial charge in [0.15, 0.2) is 0 Å². The van der Waals surface area contributed by atoms with Crippen LogP contribution in [0.3, 0.4) is 0 Å². The Hall–Kier alpha value is -1.08. The van der Waals surface area contributed by atoms with Crippen LogP contribution < -0.4 is 10.6 Å². The summed E-state index contributed by atoms with van der Waals surface area (Å²) in [6, 6.07) is 1.42. The van der Waals surface area contributed by atoms with Gasteiger partial charge in [-0.1, -0.05) is 6.92 Å². The van der Waals surface area contributed by atoms with Gasteiger partial charge in [0.25, 0.3) is 0 Å². The van der Waals surface area contributed by atoms with E-state index in [0.717, 1.165) is 9.35 Å². The Morgan fingerprint density at radius 1 is 1.56 bits per heavy atom. The van der Waals surface area contributed by atoms with Crippen LogP contribution in [0.1, 0.15) is 25.1 Å². The number of rotatable bonds is 5. The molecule has 3 N–H and O–H groups in total. The maximum Gasteiger partial charge on any atom is 0.329 e. The highest BCUT2D eigenvalue weighted by Gasteiger charge is 2.32. The zero-order chi connectivity index (χ0) is 13.8. The summed E-state index contributed by atoms with van der Waals surface area (Å²) in [6.07, 6.45) is 0.320. The summed E-state index contributed by atoms with van der Waals surface area (Å²) in [5.41, 5.74) is -1.24. The number of amides is 2. The van der Waals surface area contributed by atoms with Crippen molar-refractivity contribution in [2.75, 3.05) is 0 Å². The van der Waals surface area contributed by atoms with Crippen LogP contribution in [-0.2, 0) is 11.3 Å². The van der Waals surface area contributed by atoms with Gasteiger partial charge in [-0.25, -0.2) is 9.59 Å². The van der Waals surface area contributed by atoms with Crippen molar-refractivity contribution >= 4 is 39.3 Å². The molecule has 1 aromatic heterocycles. The first kappa shape index (κ1) is 15.0. The third-order valence-corrected chi connectivity index (χ3v) is 4.31. The standard InChI is InChI=1S/C11H15BrN2O3S/c1-3-11(2,9(15)16)14-10(17)13-5-8-4-7(12)6-18-8/h4,6H,3,5H2,1-2H3,(H,15,16)(H2,13,14,17). The fourth-order valence-corrected chi connectivity index (χ4v) is 2.59. The van der Waals surface area contributed by atoms with Gasteiger partial charge in [0.2, 0.25) is 0 Å². The maximum atomic E-state index is 11.6. The fourth-order valence-electron chi connectivity index (χ4n) is 1.20. The van der Waals surface area contributed by atoms with Gasteiger partial charge < -0.3 is 15.7 Å². The van der Waals surface area contributed by atoms with Gasteiger partial charge in [0.05, 0.1) is 6.54 Å². The van der Waals surface area contributed by atoms with E-state index in [2.05, 4.69) is 26.6 Å². The van der Waals surface area contributed by atoms with Crippen LogP contribution in [0.15, 0.2) is 15.9 Å². The molecule has 0 aliphatic rings. The van der Waals surface area contributed by atoms with Gasteiger partial charge in [-0.05, 0) is 35.3 Å². The van der Waals surface area contributed by atoms with E-state index >= 15 is 0 Å². The van der Waals surface area contributed by atoms with Crippen molar-refractivity contribution in [2.45, 2.75) is 32.4 Å². The van der Waals surface area contributed by atoms with Crippen LogP contribution in [0.4, 0.5) is 4.79 Å². The second-order valence-corrected chi connectivity index (χ2v) is 5.94. The van der Waals surface area contributed by atoms with Crippen molar-refractivity contribution in [1.29, 1.82) is 0 Å². The monoisotopic (exact) mass is 334 g/mol. The Bertz CT molecular complexity index is 449. The van der Waals surface area contributed by atoms with Crippen molar-refractivity contribution in [3.05, 3.63) is 20.8 Å². The molecule has 0 aromatic carbocycles. The Labute approximate surface area is 118 Å². The number of carboxylic acid groups (broad SMARTS) is 1. The molecule has 1 atom stereocenters. The smallest absolute Gasteiger partial charge is 0.329 e. The Morgan fingerprint density at radius 2 is 2.22 bits per heavy atom. The Kier molecular flexibility index (Phi) is 5.15. The highest BCUT2D eigenvalue weighted by molar-refractivity contribution is 9.10. The van der Waals surface area contributed by atoms with Gasteiger partial charge in [-0.2, -0.15) is 0 Å². The normalized spacial score (nSPS) is 13.7. The average molecular weight is 335 g/mol. The quantitative estimate of drug-likeness (QED) is 0.774. The first-order valence-electron chi connectivity index (χ1n) is 5.39. The summed E-state index contributed by atoms with van der Waals surface area (Å²) in [5.74, 6) is -1.04. The van der Waals surface area contributed by atoms with Crippen LogP contribution in [0, 0.1) is 0 Å². The number of carboxylic acids is 1. The number of hydrogen-bond acceptors (Lipinski definition) is 3. The van der Waals surface area contributed by atoms with E-state index < -0.39 is 17.5 Å². The van der Waals surface area contributed by atoms with Crippen LogP contribution in [0.25, 0.3) is 0 Å². The molecule has 0 spiro atoms. The van der Waals surface area contributed by atoms with Gasteiger partial charge in [-0.15, -0.1) is 11.3 Å². The zero-order valence-corrected chi connectivity index (χ0v) is 12.5. The van der Waals surface area contributed by atoms with Crippen molar-refractivity contribution in [2.24, 2.45) is 0 Å². The highest BCUT2D eigenvalue weighted by atomic mass is 79.9. The molecule has 0 saturated heterocycles. The second-order valence-electron chi connectivity index (χ2n) is 4.03. The SMILES string of the molecule is CCC(C)(NC(=O)NCc1cc(Br)cs1)C(=O)O. The van der Waals surface area contributed by atoms with Crippen LogP contribution in [-0.4, -0.2) is 22.6 Å². The zero-order valence-electron chi connectivity index (χ0n) is 10.1. The summed E-state index contributed by atoms with van der Waals surface area (Å²) in [4.78, 5) is 23.6. The van der Waals surface area contributed by atoms with Gasteiger partial charge in [0, 0.05) is 14.7 Å². The fraction of sp³-hybridized carbons (Fsp3) is 0.455. The summed E-state index contributed by atoms with van der Waals surface area (Å²) in [6.45, 7) is 3.57. The number of halogens is 1. The molecule has 100 valence electrons. The van der Waals surface area contributed by atoms with E-state index in [1.165, 1.54) is 18.3 Å². The van der Waals surface area contributed by atoms with Crippen LogP contribution in [0.5, 0.6) is 0 Å². The lowest BCUT2D eigenvalue weighted by molar-refractivity contribution is -0.143. The first-order valence-corrected chi connectivity index (χ1v) is 7.07. The van der Waals surface area contributed by atoms with Crippen molar-refractivity contribution < 1.29 is 14.7 Å². The topological polar surface area (TPSA) is 78.4 Å². The average Bonchev–Trinajstić information content (AvgIpc) is 2.72. The van der Waals surface area contributed by atoms with Gasteiger partial charge in [0.1, 0.15) is 5.54 Å². The molecule has 1 heterocycles. The molecule has 2 amide bonds. The minimum atomic E-state index is -1.24. The molecule has 1 rings (SSSR count). The Morgan fingerprint density at radius 3 is 2.67 bits per heavy atom. The molecule has 18 heavy (non-hydrogen) atoms. The van der Waals surface area contributed by atoms with E-state index in [9.17, 15) is 9.59 Å². The molecule has 0 radical (unpaired) electrons. The van der Waals surface area contributed by atoms with Crippen LogP contribution >= 0.6 is 27.3 Å². The molecule has 0 bridgehead atoms.